The van der Waals surface area contributed by atoms with Crippen LogP contribution in [0, 0.1) is 0 Å². The molecule has 144 valence electrons. The first kappa shape index (κ1) is 18.5. The van der Waals surface area contributed by atoms with Crippen LogP contribution in [0.5, 0.6) is 5.75 Å². The standard InChI is InChI=1S/C16H10F3N5O2S2/c17-16(18,19)26-12-5-3-11(4-6-12)24-15(21-22-23-24)28-9-10-8-27-14(20-10)13-2-1-7-25-13/h1-8H,9H2. The van der Waals surface area contributed by atoms with Gasteiger partial charge < -0.3 is 9.15 Å². The number of thioether (sulfide) groups is 1. The van der Waals surface area contributed by atoms with Gasteiger partial charge in [-0.25, -0.2) is 4.98 Å². The molecule has 3 aromatic heterocycles. The summed E-state index contributed by atoms with van der Waals surface area (Å²) >= 11 is 2.82. The number of rotatable bonds is 6. The Bertz CT molecular complexity index is 1050. The predicted molar refractivity (Wildman–Crippen MR) is 95.2 cm³/mol. The van der Waals surface area contributed by atoms with Crippen molar-refractivity contribution in [1.29, 1.82) is 0 Å². The Morgan fingerprint density at radius 1 is 1.18 bits per heavy atom. The van der Waals surface area contributed by atoms with Crippen molar-refractivity contribution < 1.29 is 22.3 Å². The zero-order valence-corrected chi connectivity index (χ0v) is 15.5. The summed E-state index contributed by atoms with van der Waals surface area (Å²) in [5.41, 5.74) is 1.35. The Morgan fingerprint density at radius 3 is 2.71 bits per heavy atom. The molecule has 0 aliphatic carbocycles. The fraction of sp³-hybridized carbons (Fsp3) is 0.125. The minimum Gasteiger partial charge on any atom is -0.462 e. The van der Waals surface area contributed by atoms with Gasteiger partial charge in [0.15, 0.2) is 10.8 Å². The fourth-order valence-corrected chi connectivity index (χ4v) is 3.92. The highest BCUT2D eigenvalue weighted by molar-refractivity contribution is 7.98. The van der Waals surface area contributed by atoms with E-state index in [1.165, 1.54) is 52.0 Å². The van der Waals surface area contributed by atoms with Crippen molar-refractivity contribution in [3.05, 3.63) is 53.7 Å². The average Bonchev–Trinajstić information content (AvgIpc) is 3.40. The van der Waals surface area contributed by atoms with Gasteiger partial charge in [-0.3, -0.25) is 0 Å². The molecule has 0 aliphatic heterocycles. The summed E-state index contributed by atoms with van der Waals surface area (Å²) in [6.45, 7) is 0. The first-order chi connectivity index (χ1) is 13.5. The summed E-state index contributed by atoms with van der Waals surface area (Å²) < 4.78 is 47.4. The number of tetrazole rings is 1. The van der Waals surface area contributed by atoms with E-state index in [0.29, 0.717) is 22.4 Å². The maximum absolute atomic E-state index is 12.3. The first-order valence-corrected chi connectivity index (χ1v) is 9.60. The monoisotopic (exact) mass is 425 g/mol. The molecule has 0 spiro atoms. The zero-order chi connectivity index (χ0) is 19.6. The SMILES string of the molecule is FC(F)(F)Oc1ccc(-n2nnnc2SCc2csc(-c3ccco3)n2)cc1. The lowest BCUT2D eigenvalue weighted by Crippen LogP contribution is -2.17. The van der Waals surface area contributed by atoms with E-state index < -0.39 is 6.36 Å². The number of halogens is 3. The van der Waals surface area contributed by atoms with Gasteiger partial charge in [0.25, 0.3) is 0 Å². The Kier molecular flexibility index (Phi) is 5.05. The lowest BCUT2D eigenvalue weighted by Gasteiger charge is -2.09. The number of benzene rings is 1. The topological polar surface area (TPSA) is 78.9 Å². The van der Waals surface area contributed by atoms with Crippen LogP contribution in [0.2, 0.25) is 0 Å². The van der Waals surface area contributed by atoms with Crippen LogP contribution < -0.4 is 4.74 Å². The molecule has 0 saturated heterocycles. The molecule has 1 aromatic carbocycles. The van der Waals surface area contributed by atoms with Gasteiger partial charge in [0.1, 0.15) is 5.75 Å². The van der Waals surface area contributed by atoms with Crippen molar-refractivity contribution in [1.82, 2.24) is 25.2 Å². The van der Waals surface area contributed by atoms with Crippen LogP contribution in [0.4, 0.5) is 13.2 Å². The zero-order valence-electron chi connectivity index (χ0n) is 13.8. The first-order valence-electron chi connectivity index (χ1n) is 7.73. The minimum atomic E-state index is -4.74. The molecule has 0 atom stereocenters. The van der Waals surface area contributed by atoms with Gasteiger partial charge in [0.2, 0.25) is 5.16 Å². The number of ether oxygens (including phenoxy) is 1. The molecule has 0 N–H and O–H groups in total. The smallest absolute Gasteiger partial charge is 0.462 e. The molecule has 0 amide bonds. The van der Waals surface area contributed by atoms with Crippen LogP contribution in [0.3, 0.4) is 0 Å². The van der Waals surface area contributed by atoms with Crippen LogP contribution in [0.1, 0.15) is 5.69 Å². The van der Waals surface area contributed by atoms with Crippen LogP contribution in [-0.2, 0) is 5.75 Å². The minimum absolute atomic E-state index is 0.313. The molecule has 12 heteroatoms. The van der Waals surface area contributed by atoms with Gasteiger partial charge in [-0.05, 0) is 46.8 Å². The summed E-state index contributed by atoms with van der Waals surface area (Å²) in [5, 5.41) is 14.7. The molecule has 28 heavy (non-hydrogen) atoms. The van der Waals surface area contributed by atoms with Gasteiger partial charge in [0.05, 0.1) is 17.6 Å². The third-order valence-corrected chi connectivity index (χ3v) is 5.25. The van der Waals surface area contributed by atoms with E-state index in [-0.39, 0.29) is 5.75 Å². The highest BCUT2D eigenvalue weighted by Crippen LogP contribution is 2.29. The highest BCUT2D eigenvalue weighted by Gasteiger charge is 2.31. The molecule has 0 saturated carbocycles. The van der Waals surface area contributed by atoms with Gasteiger partial charge in [-0.2, -0.15) is 4.68 Å². The molecular formula is C16H10F3N5O2S2. The maximum atomic E-state index is 12.3. The Hall–Kier alpha value is -2.86. The van der Waals surface area contributed by atoms with E-state index in [4.69, 9.17) is 4.42 Å². The largest absolute Gasteiger partial charge is 0.573 e. The fourth-order valence-electron chi connectivity index (χ4n) is 2.25. The molecule has 0 fully saturated rings. The Labute approximate surface area is 164 Å². The van der Waals surface area contributed by atoms with E-state index in [9.17, 15) is 13.2 Å². The quantitative estimate of drug-likeness (QED) is 0.419. The summed E-state index contributed by atoms with van der Waals surface area (Å²) in [5.74, 6) is 0.908. The molecule has 0 unspecified atom stereocenters. The Morgan fingerprint density at radius 2 is 2.00 bits per heavy atom. The molecular weight excluding hydrogens is 415 g/mol. The number of aromatic nitrogens is 5. The van der Waals surface area contributed by atoms with Crippen LogP contribution >= 0.6 is 23.1 Å². The molecule has 0 aliphatic rings. The molecule has 3 heterocycles. The van der Waals surface area contributed by atoms with Gasteiger partial charge in [-0.1, -0.05) is 11.8 Å². The average molecular weight is 425 g/mol. The van der Waals surface area contributed by atoms with Crippen molar-refractivity contribution >= 4 is 23.1 Å². The van der Waals surface area contributed by atoms with Crippen molar-refractivity contribution in [2.45, 2.75) is 17.3 Å². The van der Waals surface area contributed by atoms with Crippen molar-refractivity contribution in [3.8, 4) is 22.2 Å². The summed E-state index contributed by atoms with van der Waals surface area (Å²) in [6, 6.07) is 8.93. The van der Waals surface area contributed by atoms with Gasteiger partial charge in [0, 0.05) is 11.1 Å². The lowest BCUT2D eigenvalue weighted by molar-refractivity contribution is -0.274. The number of nitrogens with zero attached hydrogens (tertiary/aromatic N) is 5. The Balaban J connectivity index is 1.44. The van der Waals surface area contributed by atoms with Crippen LogP contribution in [0.25, 0.3) is 16.5 Å². The summed E-state index contributed by atoms with van der Waals surface area (Å²) in [4.78, 5) is 4.50. The summed E-state index contributed by atoms with van der Waals surface area (Å²) in [6.07, 6.45) is -3.15. The molecule has 4 aromatic rings. The van der Waals surface area contributed by atoms with E-state index in [0.717, 1.165) is 10.7 Å². The number of hydrogen-bond acceptors (Lipinski definition) is 8. The van der Waals surface area contributed by atoms with E-state index in [1.807, 2.05) is 11.4 Å². The van der Waals surface area contributed by atoms with Crippen molar-refractivity contribution in [2.75, 3.05) is 0 Å². The maximum Gasteiger partial charge on any atom is 0.573 e. The third-order valence-electron chi connectivity index (χ3n) is 3.39. The molecule has 7 nitrogen and oxygen atoms in total. The van der Waals surface area contributed by atoms with Gasteiger partial charge >= 0.3 is 6.36 Å². The second kappa shape index (κ2) is 7.64. The van der Waals surface area contributed by atoms with Crippen LogP contribution in [-0.4, -0.2) is 31.6 Å². The van der Waals surface area contributed by atoms with Crippen LogP contribution in [0.15, 0.2) is 57.6 Å². The number of alkyl halides is 3. The second-order valence-corrected chi connectivity index (χ2v) is 7.13. The summed E-state index contributed by atoms with van der Waals surface area (Å²) in [7, 11) is 0. The molecule has 0 bridgehead atoms. The second-order valence-electron chi connectivity index (χ2n) is 5.32. The molecule has 4 rings (SSSR count). The van der Waals surface area contributed by atoms with Crippen molar-refractivity contribution in [3.63, 3.8) is 0 Å². The highest BCUT2D eigenvalue weighted by atomic mass is 32.2. The predicted octanol–water partition coefficient (Wildman–Crippen LogP) is 4.57. The number of thiazole rings is 1. The van der Waals surface area contributed by atoms with Gasteiger partial charge in [-0.15, -0.1) is 29.6 Å². The van der Waals surface area contributed by atoms with E-state index >= 15 is 0 Å². The number of furan rings is 1. The lowest BCUT2D eigenvalue weighted by atomic mass is 10.3. The van der Waals surface area contributed by atoms with E-state index in [2.05, 4.69) is 25.2 Å². The third kappa shape index (κ3) is 4.34. The molecule has 0 radical (unpaired) electrons. The van der Waals surface area contributed by atoms with E-state index in [1.54, 1.807) is 12.3 Å². The van der Waals surface area contributed by atoms with Crippen molar-refractivity contribution in [2.24, 2.45) is 0 Å². The number of hydrogen-bond donors (Lipinski definition) is 0. The normalized spacial score (nSPS) is 11.7.